The number of carbonyl (C=O) groups excluding carboxylic acids is 1. The number of thiazole rings is 1. The Morgan fingerprint density at radius 1 is 1.30 bits per heavy atom. The van der Waals surface area contributed by atoms with Crippen LogP contribution in [0.2, 0.25) is 0 Å². The van der Waals surface area contributed by atoms with Crippen LogP contribution in [0.25, 0.3) is 11.0 Å². The molecule has 0 radical (unpaired) electrons. The normalized spacial score (nSPS) is 15.1. The molecule has 0 spiro atoms. The summed E-state index contributed by atoms with van der Waals surface area (Å²) in [6.45, 7) is 5.62. The van der Waals surface area contributed by atoms with Gasteiger partial charge < -0.3 is 20.4 Å². The number of amides is 1. The molecule has 1 amide bonds. The summed E-state index contributed by atoms with van der Waals surface area (Å²) in [5.41, 5.74) is 1.86. The van der Waals surface area contributed by atoms with Gasteiger partial charge in [0.2, 0.25) is 0 Å². The lowest BCUT2D eigenvalue weighted by Gasteiger charge is -2.26. The molecule has 1 saturated heterocycles. The van der Waals surface area contributed by atoms with Crippen molar-refractivity contribution in [2.45, 2.75) is 6.54 Å². The minimum Gasteiger partial charge on any atom is -0.379 e. The number of H-pyrrole nitrogens is 1. The highest BCUT2D eigenvalue weighted by Gasteiger charge is 2.13. The van der Waals surface area contributed by atoms with Gasteiger partial charge in [-0.25, -0.2) is 9.97 Å². The monoisotopic (exact) mass is 386 g/mol. The van der Waals surface area contributed by atoms with Crippen molar-refractivity contribution in [1.82, 2.24) is 25.2 Å². The van der Waals surface area contributed by atoms with Gasteiger partial charge in [0.15, 0.2) is 5.13 Å². The highest BCUT2D eigenvalue weighted by atomic mass is 32.1. The topological polar surface area (TPSA) is 95.2 Å². The van der Waals surface area contributed by atoms with Crippen LogP contribution >= 0.6 is 11.3 Å². The second-order valence-corrected chi connectivity index (χ2v) is 7.32. The minimum atomic E-state index is -0.144. The third-order valence-electron chi connectivity index (χ3n) is 4.39. The van der Waals surface area contributed by atoms with Crippen LogP contribution in [0.3, 0.4) is 0 Å². The van der Waals surface area contributed by atoms with Gasteiger partial charge in [-0.2, -0.15) is 0 Å². The van der Waals surface area contributed by atoms with Gasteiger partial charge in [0.1, 0.15) is 10.7 Å². The predicted molar refractivity (Wildman–Crippen MR) is 105 cm³/mol. The van der Waals surface area contributed by atoms with Gasteiger partial charge in [-0.05, 0) is 12.1 Å². The summed E-state index contributed by atoms with van der Waals surface area (Å²) in [6, 6.07) is 7.80. The number of benzene rings is 1. The van der Waals surface area contributed by atoms with E-state index >= 15 is 0 Å². The molecule has 1 aromatic carbocycles. The summed E-state index contributed by atoms with van der Waals surface area (Å²) >= 11 is 1.36. The molecule has 27 heavy (non-hydrogen) atoms. The summed E-state index contributed by atoms with van der Waals surface area (Å²) < 4.78 is 5.34. The van der Waals surface area contributed by atoms with Crippen molar-refractivity contribution in [2.75, 3.05) is 44.7 Å². The first-order valence-corrected chi connectivity index (χ1v) is 9.81. The van der Waals surface area contributed by atoms with Gasteiger partial charge in [0.05, 0.1) is 37.0 Å². The number of hydrogen-bond acceptors (Lipinski definition) is 7. The fourth-order valence-corrected chi connectivity index (χ4v) is 3.71. The summed E-state index contributed by atoms with van der Waals surface area (Å²) in [5.74, 6) is 0.590. The van der Waals surface area contributed by atoms with Crippen LogP contribution in [0.5, 0.6) is 0 Å². The van der Waals surface area contributed by atoms with Gasteiger partial charge in [0.25, 0.3) is 5.91 Å². The number of aromatic nitrogens is 3. The first-order chi connectivity index (χ1) is 13.3. The van der Waals surface area contributed by atoms with Crippen molar-refractivity contribution >= 4 is 33.4 Å². The van der Waals surface area contributed by atoms with Crippen LogP contribution in [0.15, 0.2) is 30.5 Å². The van der Waals surface area contributed by atoms with Crippen molar-refractivity contribution in [1.29, 1.82) is 0 Å². The second-order valence-electron chi connectivity index (χ2n) is 6.29. The van der Waals surface area contributed by atoms with E-state index in [-0.39, 0.29) is 5.91 Å². The molecule has 0 saturated carbocycles. The Balaban J connectivity index is 1.25. The zero-order valence-electron chi connectivity index (χ0n) is 14.9. The quantitative estimate of drug-likeness (QED) is 0.572. The molecular weight excluding hydrogens is 364 g/mol. The molecule has 2 aromatic heterocycles. The van der Waals surface area contributed by atoms with E-state index in [1.807, 2.05) is 24.3 Å². The van der Waals surface area contributed by atoms with Crippen molar-refractivity contribution in [3.8, 4) is 0 Å². The average Bonchev–Trinajstić information content (AvgIpc) is 3.33. The Bertz CT molecular complexity index is 869. The molecule has 9 heteroatoms. The van der Waals surface area contributed by atoms with E-state index in [1.54, 1.807) is 6.20 Å². The van der Waals surface area contributed by atoms with Crippen molar-refractivity contribution in [3.63, 3.8) is 0 Å². The summed E-state index contributed by atoms with van der Waals surface area (Å²) in [6.07, 6.45) is 1.61. The summed E-state index contributed by atoms with van der Waals surface area (Å²) in [7, 11) is 0. The maximum absolute atomic E-state index is 12.3. The van der Waals surface area contributed by atoms with E-state index in [4.69, 9.17) is 4.74 Å². The number of morpholine rings is 1. The van der Waals surface area contributed by atoms with Crippen LogP contribution in [-0.4, -0.2) is 65.2 Å². The predicted octanol–water partition coefficient (Wildman–Crippen LogP) is 1.69. The lowest BCUT2D eigenvalue weighted by atomic mass is 10.3. The summed E-state index contributed by atoms with van der Waals surface area (Å²) in [4.78, 5) is 27.2. The number of nitrogens with zero attached hydrogens (tertiary/aromatic N) is 3. The number of ether oxygens (including phenoxy) is 1. The van der Waals surface area contributed by atoms with E-state index in [1.165, 1.54) is 11.3 Å². The molecule has 142 valence electrons. The molecule has 0 atom stereocenters. The number of rotatable bonds is 7. The Labute approximate surface area is 161 Å². The van der Waals surface area contributed by atoms with E-state index in [2.05, 4.69) is 30.5 Å². The maximum Gasteiger partial charge on any atom is 0.263 e. The Kier molecular flexibility index (Phi) is 5.61. The van der Waals surface area contributed by atoms with Crippen LogP contribution in [-0.2, 0) is 11.3 Å². The standard InChI is InChI=1S/C18H22N6O2S/c25-17(20-12-16-22-13-3-1-2-4-14(13)23-16)15-11-21-18(27-15)19-5-6-24-7-9-26-10-8-24/h1-4,11H,5-10,12H2,(H,19,21)(H,20,25)(H,22,23). The smallest absolute Gasteiger partial charge is 0.263 e. The zero-order chi connectivity index (χ0) is 18.5. The Morgan fingerprint density at radius 3 is 3.00 bits per heavy atom. The summed E-state index contributed by atoms with van der Waals surface area (Å²) in [5, 5.41) is 6.93. The molecule has 4 rings (SSSR count). The van der Waals surface area contributed by atoms with Crippen molar-refractivity contribution in [3.05, 3.63) is 41.2 Å². The molecule has 0 aliphatic carbocycles. The van der Waals surface area contributed by atoms with Gasteiger partial charge in [-0.3, -0.25) is 9.69 Å². The molecule has 1 aliphatic rings. The zero-order valence-corrected chi connectivity index (χ0v) is 15.7. The van der Waals surface area contributed by atoms with Crippen LogP contribution in [0, 0.1) is 0 Å². The SMILES string of the molecule is O=C(NCc1nc2ccccc2[nH]1)c1cnc(NCCN2CCOCC2)s1. The number of hydrogen-bond donors (Lipinski definition) is 3. The highest BCUT2D eigenvalue weighted by Crippen LogP contribution is 2.18. The third-order valence-corrected chi connectivity index (χ3v) is 5.35. The number of imidazole rings is 1. The molecular formula is C18H22N6O2S. The van der Waals surface area contributed by atoms with Crippen LogP contribution in [0.1, 0.15) is 15.5 Å². The molecule has 1 aliphatic heterocycles. The van der Waals surface area contributed by atoms with Crippen LogP contribution in [0.4, 0.5) is 5.13 Å². The highest BCUT2D eigenvalue weighted by molar-refractivity contribution is 7.17. The molecule has 3 heterocycles. The van der Waals surface area contributed by atoms with Crippen molar-refractivity contribution < 1.29 is 9.53 Å². The minimum absolute atomic E-state index is 0.144. The molecule has 1 fully saturated rings. The van der Waals surface area contributed by atoms with Gasteiger partial charge in [0, 0.05) is 26.2 Å². The van der Waals surface area contributed by atoms with E-state index in [9.17, 15) is 4.79 Å². The number of anilines is 1. The molecule has 3 aromatic rings. The molecule has 0 unspecified atom stereocenters. The van der Waals surface area contributed by atoms with Crippen LogP contribution < -0.4 is 10.6 Å². The molecule has 8 nitrogen and oxygen atoms in total. The lowest BCUT2D eigenvalue weighted by Crippen LogP contribution is -2.38. The molecule has 0 bridgehead atoms. The number of aromatic amines is 1. The van der Waals surface area contributed by atoms with E-state index < -0.39 is 0 Å². The van der Waals surface area contributed by atoms with Gasteiger partial charge in [-0.15, -0.1) is 0 Å². The third kappa shape index (κ3) is 4.62. The number of fused-ring (bicyclic) bond motifs is 1. The fraction of sp³-hybridized carbons (Fsp3) is 0.389. The van der Waals surface area contributed by atoms with Crippen molar-refractivity contribution in [2.24, 2.45) is 0 Å². The Hall–Kier alpha value is -2.49. The van der Waals surface area contributed by atoms with E-state index in [0.29, 0.717) is 11.4 Å². The largest absolute Gasteiger partial charge is 0.379 e. The molecule has 3 N–H and O–H groups in total. The number of nitrogens with one attached hydrogen (secondary N) is 3. The Morgan fingerprint density at radius 2 is 2.15 bits per heavy atom. The first kappa shape index (κ1) is 17.9. The first-order valence-electron chi connectivity index (χ1n) is 8.99. The lowest BCUT2D eigenvalue weighted by molar-refractivity contribution is 0.0398. The number of para-hydroxylation sites is 2. The average molecular weight is 386 g/mol. The second kappa shape index (κ2) is 8.47. The van der Waals surface area contributed by atoms with Gasteiger partial charge in [-0.1, -0.05) is 23.5 Å². The van der Waals surface area contributed by atoms with Gasteiger partial charge >= 0.3 is 0 Å². The van der Waals surface area contributed by atoms with E-state index in [0.717, 1.165) is 61.4 Å². The fourth-order valence-electron chi connectivity index (χ4n) is 2.95. The number of carbonyl (C=O) groups is 1. The maximum atomic E-state index is 12.3.